The zero-order chi connectivity index (χ0) is 37.1. The van der Waals surface area contributed by atoms with Gasteiger partial charge >= 0.3 is 5.97 Å². The van der Waals surface area contributed by atoms with Crippen LogP contribution in [0, 0.1) is 35.5 Å². The highest BCUT2D eigenvalue weighted by Gasteiger charge is 2.54. The maximum atomic E-state index is 14.7. The predicted molar refractivity (Wildman–Crippen MR) is 194 cm³/mol. The van der Waals surface area contributed by atoms with Gasteiger partial charge in [0.15, 0.2) is 18.4 Å². The van der Waals surface area contributed by atoms with Crippen molar-refractivity contribution < 1.29 is 47.5 Å². The number of Topliss-reactive ketones (excluding diaryl/α,β-unsaturated/α-hetero) is 1. The maximum Gasteiger partial charge on any atom is 0.306 e. The van der Waals surface area contributed by atoms with Crippen LogP contribution in [0.4, 0.5) is 0 Å². The van der Waals surface area contributed by atoms with Crippen molar-refractivity contribution in [2.24, 2.45) is 35.5 Å². The first-order valence-corrected chi connectivity index (χ1v) is 20.5. The second kappa shape index (κ2) is 18.0. The summed E-state index contributed by atoms with van der Waals surface area (Å²) in [4.78, 5) is 28.2. The molecule has 52 heavy (non-hydrogen) atoms. The van der Waals surface area contributed by atoms with Crippen LogP contribution >= 0.6 is 0 Å². The van der Waals surface area contributed by atoms with E-state index in [-0.39, 0.29) is 90.9 Å². The average Bonchev–Trinajstić information content (AvgIpc) is 3.71. The molecule has 0 aromatic rings. The topological polar surface area (TPSA) is 120 Å². The van der Waals surface area contributed by atoms with Crippen molar-refractivity contribution in [3.05, 3.63) is 11.6 Å². The van der Waals surface area contributed by atoms with Crippen LogP contribution in [0.25, 0.3) is 0 Å². The molecule has 3 aliphatic carbocycles. The highest BCUT2D eigenvalue weighted by molar-refractivity contribution is 5.99. The molecule has 2 saturated carbocycles. The van der Waals surface area contributed by atoms with Crippen molar-refractivity contribution in [1.29, 1.82) is 0 Å². The number of ketones is 1. The van der Waals surface area contributed by atoms with E-state index in [1.807, 2.05) is 27.8 Å². The third-order valence-electron chi connectivity index (χ3n) is 13.6. The molecule has 0 radical (unpaired) electrons. The Hall–Kier alpha value is -1.44. The predicted octanol–water partition coefficient (Wildman–Crippen LogP) is 5.76. The average molecular weight is 734 g/mol. The number of carbonyl (C=O) groups excluding carboxylic acids is 2. The summed E-state index contributed by atoms with van der Waals surface area (Å²) in [6, 6.07) is 0.294. The van der Waals surface area contributed by atoms with E-state index in [1.54, 1.807) is 14.2 Å². The van der Waals surface area contributed by atoms with Gasteiger partial charge in [-0.1, -0.05) is 19.9 Å². The fraction of sp³-hybridized carbons (Fsp3) is 0.902. The SMILES string of the molecule is CCO[C@@H]1[C@@H](OC)[C@H](C)O[C@@H](O[C@@H]2C[C@H]3CC[C@@H]4[C@@H](C=C5C(=O)[C@H](C)[C@@H](O[C@H]6CC[C@H](NC)[C@@H](C)O6)CCC[C@H](CC)OC(=O)C[C@H]54)[C@@H]3C2)[C@@H]1OC. The molecular weight excluding hydrogens is 666 g/mol. The molecule has 296 valence electrons. The Morgan fingerprint density at radius 1 is 0.846 bits per heavy atom. The van der Waals surface area contributed by atoms with E-state index in [2.05, 4.69) is 25.2 Å². The fourth-order valence-corrected chi connectivity index (χ4v) is 10.8. The van der Waals surface area contributed by atoms with E-state index in [4.69, 9.17) is 37.9 Å². The van der Waals surface area contributed by atoms with Gasteiger partial charge in [0.25, 0.3) is 0 Å². The largest absolute Gasteiger partial charge is 0.462 e. The molecule has 6 rings (SSSR count). The summed E-state index contributed by atoms with van der Waals surface area (Å²) >= 11 is 0. The molecule has 11 heteroatoms. The normalized spacial score (nSPS) is 45.9. The van der Waals surface area contributed by atoms with E-state index < -0.39 is 12.4 Å². The van der Waals surface area contributed by atoms with E-state index in [0.29, 0.717) is 24.5 Å². The van der Waals surface area contributed by atoms with Crippen LogP contribution < -0.4 is 5.32 Å². The Labute approximate surface area is 311 Å². The third-order valence-corrected chi connectivity index (χ3v) is 13.6. The van der Waals surface area contributed by atoms with Crippen LogP contribution in [-0.4, -0.2) is 107 Å². The molecule has 17 atom stereocenters. The van der Waals surface area contributed by atoms with Crippen LogP contribution in [-0.2, 0) is 47.5 Å². The second-order valence-corrected chi connectivity index (χ2v) is 16.5. The van der Waals surface area contributed by atoms with Gasteiger partial charge in [-0.25, -0.2) is 0 Å². The molecule has 0 amide bonds. The fourth-order valence-electron chi connectivity index (χ4n) is 10.8. The molecule has 0 unspecified atom stereocenters. The number of hydrogen-bond acceptors (Lipinski definition) is 11. The summed E-state index contributed by atoms with van der Waals surface area (Å²) in [5, 5.41) is 3.35. The lowest BCUT2D eigenvalue weighted by molar-refractivity contribution is -0.317. The van der Waals surface area contributed by atoms with Crippen molar-refractivity contribution in [1.82, 2.24) is 5.32 Å². The lowest BCUT2D eigenvalue weighted by Gasteiger charge is -2.44. The molecule has 5 fully saturated rings. The van der Waals surface area contributed by atoms with Gasteiger partial charge in [-0.15, -0.1) is 0 Å². The number of hydrogen-bond donors (Lipinski definition) is 1. The number of ether oxygens (including phenoxy) is 8. The summed E-state index contributed by atoms with van der Waals surface area (Å²) in [6.45, 7) is 10.7. The van der Waals surface area contributed by atoms with E-state index in [9.17, 15) is 9.59 Å². The molecular formula is C41H67NO10. The van der Waals surface area contributed by atoms with E-state index in [0.717, 1.165) is 69.8 Å². The molecule has 0 aromatic heterocycles. The number of esters is 1. The highest BCUT2D eigenvalue weighted by Crippen LogP contribution is 2.57. The summed E-state index contributed by atoms with van der Waals surface area (Å²) < 4.78 is 50.0. The second-order valence-electron chi connectivity index (χ2n) is 16.5. The summed E-state index contributed by atoms with van der Waals surface area (Å²) in [5.41, 5.74) is 0.814. The van der Waals surface area contributed by atoms with Gasteiger partial charge < -0.3 is 43.2 Å². The van der Waals surface area contributed by atoms with Crippen molar-refractivity contribution >= 4 is 11.8 Å². The number of rotatable bonds is 10. The van der Waals surface area contributed by atoms with Crippen molar-refractivity contribution in [3.63, 3.8) is 0 Å². The zero-order valence-corrected chi connectivity index (χ0v) is 33.0. The summed E-state index contributed by atoms with van der Waals surface area (Å²) in [7, 11) is 5.32. The standard InChI is InChI=1S/C41H67NO10/c1-9-26-12-11-13-34(52-36-17-16-33(42-6)23(4)48-36)22(3)37(44)32-20-30-28(31(32)21-35(43)50-26)15-14-25-18-27(19-29(25)30)51-41-40(46-8)39(47-10-2)38(45-7)24(5)49-41/h20,22-31,33-34,36,38-42H,9-19,21H2,1-8H3/t22-,23-,24+,25-,26+,27-,28-,29-,30-,31+,33+,34+,36+,38+,39-,40-,41+/m1/s1. The number of allylic oxidation sites excluding steroid dienone is 2. The Morgan fingerprint density at radius 3 is 2.33 bits per heavy atom. The van der Waals surface area contributed by atoms with Crippen LogP contribution in [0.1, 0.15) is 105 Å². The Bertz CT molecular complexity index is 1230. The first-order chi connectivity index (χ1) is 25.1. The quantitative estimate of drug-likeness (QED) is 0.276. The van der Waals surface area contributed by atoms with Gasteiger partial charge in [0.2, 0.25) is 0 Å². The van der Waals surface area contributed by atoms with Crippen molar-refractivity contribution in [2.45, 2.75) is 173 Å². The molecule has 3 heterocycles. The maximum absolute atomic E-state index is 14.7. The number of cyclic esters (lactones) is 1. The third kappa shape index (κ3) is 8.52. The summed E-state index contributed by atoms with van der Waals surface area (Å²) in [5.74, 6) is 0.731. The number of likely N-dealkylation sites (N-methyl/N-ethyl adjacent to an activating group) is 1. The molecule has 1 N–H and O–H groups in total. The smallest absolute Gasteiger partial charge is 0.306 e. The van der Waals surface area contributed by atoms with Gasteiger partial charge in [-0.05, 0) is 121 Å². The molecule has 0 spiro atoms. The van der Waals surface area contributed by atoms with Gasteiger partial charge in [-0.2, -0.15) is 0 Å². The molecule has 0 bridgehead atoms. The lowest BCUT2D eigenvalue weighted by Crippen LogP contribution is -2.60. The number of nitrogens with one attached hydrogen (secondary N) is 1. The first kappa shape index (κ1) is 40.2. The van der Waals surface area contributed by atoms with Crippen molar-refractivity contribution in [2.75, 3.05) is 27.9 Å². The van der Waals surface area contributed by atoms with Crippen LogP contribution in [0.15, 0.2) is 11.6 Å². The molecule has 0 aromatic carbocycles. The van der Waals surface area contributed by atoms with E-state index >= 15 is 0 Å². The minimum atomic E-state index is -0.568. The van der Waals surface area contributed by atoms with Gasteiger partial charge in [0.05, 0.1) is 30.8 Å². The molecule has 3 saturated heterocycles. The molecule has 11 nitrogen and oxygen atoms in total. The van der Waals surface area contributed by atoms with Crippen LogP contribution in [0.2, 0.25) is 0 Å². The highest BCUT2D eigenvalue weighted by atomic mass is 16.7. The molecule has 6 aliphatic rings. The first-order valence-electron chi connectivity index (χ1n) is 20.5. The molecule has 3 aliphatic heterocycles. The minimum Gasteiger partial charge on any atom is -0.462 e. The Balaban J connectivity index is 1.20. The van der Waals surface area contributed by atoms with Crippen LogP contribution in [0.5, 0.6) is 0 Å². The van der Waals surface area contributed by atoms with Gasteiger partial charge in [0.1, 0.15) is 24.4 Å². The van der Waals surface area contributed by atoms with Crippen LogP contribution in [0.3, 0.4) is 0 Å². The minimum absolute atomic E-state index is 0.00180. The van der Waals surface area contributed by atoms with Crippen molar-refractivity contribution in [3.8, 4) is 0 Å². The monoisotopic (exact) mass is 733 g/mol. The van der Waals surface area contributed by atoms with Gasteiger partial charge in [0, 0.05) is 38.7 Å². The Morgan fingerprint density at radius 2 is 1.63 bits per heavy atom. The lowest BCUT2D eigenvalue weighted by atomic mass is 9.66. The van der Waals surface area contributed by atoms with E-state index in [1.165, 1.54) is 0 Å². The summed E-state index contributed by atoms with van der Waals surface area (Å²) in [6.07, 6.45) is 8.75. The Kier molecular flexibility index (Phi) is 13.9. The number of fused-ring (bicyclic) bond motifs is 5. The zero-order valence-electron chi connectivity index (χ0n) is 33.0. The number of methoxy groups -OCH3 is 2. The van der Waals surface area contributed by atoms with Gasteiger partial charge in [-0.3, -0.25) is 9.59 Å². The number of carbonyl (C=O) groups is 2.